The molecule has 2 aromatic rings. The minimum Gasteiger partial charge on any atom is -0.459 e. The van der Waals surface area contributed by atoms with Gasteiger partial charge in [-0.3, -0.25) is 9.79 Å². The second-order valence-electron chi connectivity index (χ2n) is 6.50. The van der Waals surface area contributed by atoms with E-state index in [1.165, 1.54) is 18.2 Å². The van der Waals surface area contributed by atoms with Gasteiger partial charge in [-0.25, -0.2) is 0 Å². The number of nitrogens with one attached hydrogen (secondary N) is 2. The maximum Gasteiger partial charge on any atom is 0.287 e. The van der Waals surface area contributed by atoms with E-state index in [2.05, 4.69) is 50.9 Å². The Kier molecular flexibility index (Phi) is 6.30. The molecule has 0 radical (unpaired) electrons. The van der Waals surface area contributed by atoms with Gasteiger partial charge in [0.25, 0.3) is 5.91 Å². The summed E-state index contributed by atoms with van der Waals surface area (Å²) in [4.78, 5) is 18.5. The maximum absolute atomic E-state index is 11.8. The molecule has 2 N–H and O–H groups in total. The van der Waals surface area contributed by atoms with E-state index in [0.717, 1.165) is 25.5 Å². The van der Waals surface area contributed by atoms with Crippen molar-refractivity contribution >= 4 is 11.9 Å². The maximum atomic E-state index is 11.8. The summed E-state index contributed by atoms with van der Waals surface area (Å²) in [6.07, 6.45) is 3.77. The van der Waals surface area contributed by atoms with Gasteiger partial charge in [-0.2, -0.15) is 0 Å². The number of aliphatic imine (C=N–C) groups is 1. The minimum atomic E-state index is -0.198. The van der Waals surface area contributed by atoms with Gasteiger partial charge in [-0.05, 0) is 36.5 Å². The first kappa shape index (κ1) is 18.0. The van der Waals surface area contributed by atoms with Crippen molar-refractivity contribution in [2.45, 2.75) is 12.8 Å². The van der Waals surface area contributed by atoms with Crippen LogP contribution in [0, 0.1) is 5.92 Å². The molecule has 0 bridgehead atoms. The molecule has 0 spiro atoms. The number of furan rings is 1. The second-order valence-corrected chi connectivity index (χ2v) is 6.50. The Balaban J connectivity index is 1.39. The van der Waals surface area contributed by atoms with E-state index in [1.54, 1.807) is 19.2 Å². The lowest BCUT2D eigenvalue weighted by molar-refractivity contribution is 0.0926. The molecule has 0 aliphatic carbocycles. The van der Waals surface area contributed by atoms with Crippen molar-refractivity contribution in [3.05, 3.63) is 60.1 Å². The standard InChI is InChI=1S/C20H26N4O2/c1-21-20(23-11-10-22-19(25)18-8-5-13-26-18)24-12-9-17(15-24)14-16-6-3-2-4-7-16/h2-8,13,17H,9-12,14-15H2,1H3,(H,21,23)(H,22,25). The molecule has 0 saturated carbocycles. The first-order valence-corrected chi connectivity index (χ1v) is 9.07. The number of hydrogen-bond acceptors (Lipinski definition) is 3. The van der Waals surface area contributed by atoms with Gasteiger partial charge in [-0.15, -0.1) is 0 Å². The number of guanidine groups is 1. The zero-order valence-electron chi connectivity index (χ0n) is 15.1. The molecule has 1 aromatic carbocycles. The van der Waals surface area contributed by atoms with Crippen LogP contribution in [0.2, 0.25) is 0 Å². The van der Waals surface area contributed by atoms with E-state index in [4.69, 9.17) is 4.42 Å². The Morgan fingerprint density at radius 3 is 2.73 bits per heavy atom. The van der Waals surface area contributed by atoms with Crippen LogP contribution in [0.4, 0.5) is 0 Å². The van der Waals surface area contributed by atoms with Crippen LogP contribution in [0.5, 0.6) is 0 Å². The van der Waals surface area contributed by atoms with Gasteiger partial charge in [0.15, 0.2) is 11.7 Å². The number of benzene rings is 1. The first-order valence-electron chi connectivity index (χ1n) is 9.07. The van der Waals surface area contributed by atoms with Crippen LogP contribution < -0.4 is 10.6 Å². The summed E-state index contributed by atoms with van der Waals surface area (Å²) in [5, 5.41) is 6.15. The largest absolute Gasteiger partial charge is 0.459 e. The summed E-state index contributed by atoms with van der Waals surface area (Å²) in [6, 6.07) is 14.0. The summed E-state index contributed by atoms with van der Waals surface area (Å²) in [6.45, 7) is 3.15. The van der Waals surface area contributed by atoms with Crippen LogP contribution in [0.25, 0.3) is 0 Å². The summed E-state index contributed by atoms with van der Waals surface area (Å²) in [5.41, 5.74) is 1.39. The second kappa shape index (κ2) is 9.08. The molecule has 1 aromatic heterocycles. The van der Waals surface area contributed by atoms with Gasteiger partial charge < -0.3 is 20.0 Å². The predicted molar refractivity (Wildman–Crippen MR) is 102 cm³/mol. The third-order valence-electron chi connectivity index (χ3n) is 4.60. The fourth-order valence-electron chi connectivity index (χ4n) is 3.32. The highest BCUT2D eigenvalue weighted by molar-refractivity contribution is 5.91. The minimum absolute atomic E-state index is 0.198. The summed E-state index contributed by atoms with van der Waals surface area (Å²) in [7, 11) is 1.80. The van der Waals surface area contributed by atoms with Crippen molar-refractivity contribution < 1.29 is 9.21 Å². The molecule has 1 unspecified atom stereocenters. The Morgan fingerprint density at radius 2 is 2.00 bits per heavy atom. The van der Waals surface area contributed by atoms with Crippen LogP contribution >= 0.6 is 0 Å². The Morgan fingerprint density at radius 1 is 1.19 bits per heavy atom. The van der Waals surface area contributed by atoms with Gasteiger partial charge in [-0.1, -0.05) is 30.3 Å². The van der Waals surface area contributed by atoms with Crippen molar-refractivity contribution in [2.75, 3.05) is 33.2 Å². The van der Waals surface area contributed by atoms with Crippen molar-refractivity contribution in [3.8, 4) is 0 Å². The number of carbonyl (C=O) groups is 1. The highest BCUT2D eigenvalue weighted by atomic mass is 16.3. The smallest absolute Gasteiger partial charge is 0.287 e. The zero-order valence-corrected chi connectivity index (χ0v) is 15.1. The predicted octanol–water partition coefficient (Wildman–Crippen LogP) is 2.15. The molecule has 1 aliphatic rings. The van der Waals surface area contributed by atoms with Crippen LogP contribution in [-0.2, 0) is 6.42 Å². The molecule has 6 nitrogen and oxygen atoms in total. The van der Waals surface area contributed by atoms with Gasteiger partial charge in [0.2, 0.25) is 0 Å². The molecule has 26 heavy (non-hydrogen) atoms. The number of rotatable bonds is 6. The molecular weight excluding hydrogens is 328 g/mol. The van der Waals surface area contributed by atoms with E-state index in [-0.39, 0.29) is 5.91 Å². The van der Waals surface area contributed by atoms with Crippen LogP contribution in [0.3, 0.4) is 0 Å². The van der Waals surface area contributed by atoms with E-state index in [0.29, 0.717) is 24.8 Å². The normalized spacial score (nSPS) is 17.3. The third kappa shape index (κ3) is 4.88. The molecule has 6 heteroatoms. The summed E-state index contributed by atoms with van der Waals surface area (Å²) in [5.74, 6) is 1.68. The molecular formula is C20H26N4O2. The Hall–Kier alpha value is -2.76. The lowest BCUT2D eigenvalue weighted by atomic mass is 9.99. The number of hydrogen-bond donors (Lipinski definition) is 2. The molecule has 3 rings (SSSR count). The van der Waals surface area contributed by atoms with Gasteiger partial charge in [0.1, 0.15) is 0 Å². The van der Waals surface area contributed by atoms with Crippen LogP contribution in [-0.4, -0.2) is 50.0 Å². The fourth-order valence-corrected chi connectivity index (χ4v) is 3.32. The fraction of sp³-hybridized carbons (Fsp3) is 0.400. The molecule has 1 atom stereocenters. The van der Waals surface area contributed by atoms with Crippen molar-refractivity contribution in [2.24, 2.45) is 10.9 Å². The molecule has 2 heterocycles. The molecule has 138 valence electrons. The van der Waals surface area contributed by atoms with E-state index in [9.17, 15) is 4.79 Å². The average Bonchev–Trinajstić information content (AvgIpc) is 3.35. The third-order valence-corrected chi connectivity index (χ3v) is 4.60. The number of nitrogens with zero attached hydrogens (tertiary/aromatic N) is 2. The quantitative estimate of drug-likeness (QED) is 0.474. The lowest BCUT2D eigenvalue weighted by Crippen LogP contribution is -2.43. The lowest BCUT2D eigenvalue weighted by Gasteiger charge is -2.21. The number of carbonyl (C=O) groups excluding carboxylic acids is 1. The molecule has 1 aliphatic heterocycles. The monoisotopic (exact) mass is 354 g/mol. The van der Waals surface area contributed by atoms with E-state index in [1.807, 2.05) is 0 Å². The van der Waals surface area contributed by atoms with Gasteiger partial charge in [0.05, 0.1) is 6.26 Å². The zero-order chi connectivity index (χ0) is 18.2. The number of amides is 1. The molecule has 1 saturated heterocycles. The Bertz CT molecular complexity index is 713. The van der Waals surface area contributed by atoms with Gasteiger partial charge >= 0.3 is 0 Å². The average molecular weight is 354 g/mol. The van der Waals surface area contributed by atoms with E-state index >= 15 is 0 Å². The molecule has 1 fully saturated rings. The summed E-state index contributed by atoms with van der Waals surface area (Å²) >= 11 is 0. The first-order chi connectivity index (χ1) is 12.8. The highest BCUT2D eigenvalue weighted by Crippen LogP contribution is 2.20. The van der Waals surface area contributed by atoms with Crippen molar-refractivity contribution in [1.29, 1.82) is 0 Å². The highest BCUT2D eigenvalue weighted by Gasteiger charge is 2.24. The Labute approximate surface area is 154 Å². The number of likely N-dealkylation sites (tertiary alicyclic amines) is 1. The van der Waals surface area contributed by atoms with Gasteiger partial charge in [0, 0.05) is 33.2 Å². The van der Waals surface area contributed by atoms with Crippen molar-refractivity contribution in [3.63, 3.8) is 0 Å². The summed E-state index contributed by atoms with van der Waals surface area (Å²) < 4.78 is 5.07. The SMILES string of the molecule is CN=C(NCCNC(=O)c1ccco1)N1CCC(Cc2ccccc2)C1. The molecule has 1 amide bonds. The van der Waals surface area contributed by atoms with E-state index < -0.39 is 0 Å². The topological polar surface area (TPSA) is 69.9 Å². The van der Waals surface area contributed by atoms with Crippen LogP contribution in [0.15, 0.2) is 58.1 Å². The van der Waals surface area contributed by atoms with Crippen molar-refractivity contribution in [1.82, 2.24) is 15.5 Å². The van der Waals surface area contributed by atoms with Crippen LogP contribution in [0.1, 0.15) is 22.5 Å².